The first-order valence-corrected chi connectivity index (χ1v) is 4.36. The van der Waals surface area contributed by atoms with Crippen LogP contribution in [0.3, 0.4) is 0 Å². The van der Waals surface area contributed by atoms with Gasteiger partial charge in [0, 0.05) is 12.6 Å². The Labute approximate surface area is 75.3 Å². The van der Waals surface area contributed by atoms with Crippen LogP contribution in [0.25, 0.3) is 0 Å². The normalized spacial score (nSPS) is 12.1. The fraction of sp³-hybridized carbons (Fsp3) is 0.700. The molecule has 0 saturated heterocycles. The lowest BCUT2D eigenvalue weighted by molar-refractivity contribution is -0.129. The van der Waals surface area contributed by atoms with Crippen LogP contribution >= 0.6 is 0 Å². The Hall–Kier alpha value is -0.790. The van der Waals surface area contributed by atoms with E-state index in [2.05, 4.69) is 20.8 Å². The predicted molar refractivity (Wildman–Crippen MR) is 52.0 cm³/mol. The fourth-order valence-electron chi connectivity index (χ4n) is 0.790. The third-order valence-corrected chi connectivity index (χ3v) is 2.41. The third-order valence-electron chi connectivity index (χ3n) is 2.41. The maximum Gasteiger partial charge on any atom is 0.246 e. The molecule has 0 aromatic heterocycles. The Balaban J connectivity index is 4.37. The highest BCUT2D eigenvalue weighted by atomic mass is 16.2. The summed E-state index contributed by atoms with van der Waals surface area (Å²) in [6.45, 7) is 8.06. The van der Waals surface area contributed by atoms with Crippen LogP contribution in [0.15, 0.2) is 12.2 Å². The molecule has 0 aromatic carbocycles. The summed E-state index contributed by atoms with van der Waals surface area (Å²) in [4.78, 5) is 13.2. The third kappa shape index (κ3) is 2.68. The molecule has 0 rings (SSSR count). The van der Waals surface area contributed by atoms with E-state index in [9.17, 15) is 4.79 Å². The summed E-state index contributed by atoms with van der Waals surface area (Å²) in [5.41, 5.74) is -0.0450. The quantitative estimate of drug-likeness (QED) is 0.593. The highest BCUT2D eigenvalue weighted by molar-refractivity contribution is 5.87. The molecule has 0 aliphatic heterocycles. The number of allylic oxidation sites excluding steroid dienone is 1. The molecular formula is C10H19NO. The van der Waals surface area contributed by atoms with Crippen LogP contribution in [0.4, 0.5) is 0 Å². The van der Waals surface area contributed by atoms with Crippen LogP contribution in [-0.2, 0) is 4.79 Å². The molecule has 0 spiro atoms. The zero-order chi connectivity index (χ0) is 9.78. The molecule has 0 aliphatic carbocycles. The van der Waals surface area contributed by atoms with Gasteiger partial charge in [-0.15, -0.1) is 0 Å². The maximum absolute atomic E-state index is 11.4. The highest BCUT2D eigenvalue weighted by Gasteiger charge is 2.23. The minimum atomic E-state index is -0.0450. The van der Waals surface area contributed by atoms with Crippen molar-refractivity contribution < 1.29 is 4.79 Å². The minimum Gasteiger partial charge on any atom is -0.337 e. The molecule has 0 saturated carbocycles. The minimum absolute atomic E-state index is 0.0450. The molecule has 0 unspecified atom stereocenters. The average molecular weight is 169 g/mol. The molecule has 12 heavy (non-hydrogen) atoms. The van der Waals surface area contributed by atoms with Gasteiger partial charge >= 0.3 is 0 Å². The van der Waals surface area contributed by atoms with E-state index < -0.39 is 0 Å². The van der Waals surface area contributed by atoms with Gasteiger partial charge in [0.25, 0.3) is 0 Å². The largest absolute Gasteiger partial charge is 0.337 e. The van der Waals surface area contributed by atoms with Crippen molar-refractivity contribution in [1.82, 2.24) is 4.90 Å². The first kappa shape index (κ1) is 11.2. The molecule has 0 atom stereocenters. The Bertz CT molecular complexity index is 182. The first-order valence-electron chi connectivity index (χ1n) is 4.36. The van der Waals surface area contributed by atoms with Gasteiger partial charge in [-0.3, -0.25) is 4.79 Å². The topological polar surface area (TPSA) is 20.3 Å². The molecule has 0 N–H and O–H groups in total. The molecule has 1 amide bonds. The van der Waals surface area contributed by atoms with Gasteiger partial charge < -0.3 is 4.90 Å². The molecule has 0 aromatic rings. The van der Waals surface area contributed by atoms with Crippen LogP contribution in [0.2, 0.25) is 0 Å². The van der Waals surface area contributed by atoms with Crippen LogP contribution in [0.1, 0.15) is 34.1 Å². The van der Waals surface area contributed by atoms with E-state index >= 15 is 0 Å². The SMILES string of the molecule is C/C=C\C(=O)N(C)C(C)(C)CC. The number of likely N-dealkylation sites (N-methyl/N-ethyl adjacent to an activating group) is 1. The summed E-state index contributed by atoms with van der Waals surface area (Å²) >= 11 is 0. The average Bonchev–Trinajstić information content (AvgIpc) is 2.03. The summed E-state index contributed by atoms with van der Waals surface area (Å²) in [5.74, 6) is 0.0735. The number of carbonyl (C=O) groups is 1. The molecule has 0 aliphatic rings. The van der Waals surface area contributed by atoms with Crippen molar-refractivity contribution in [2.75, 3.05) is 7.05 Å². The van der Waals surface area contributed by atoms with Gasteiger partial charge in [0.1, 0.15) is 0 Å². The van der Waals surface area contributed by atoms with Crippen LogP contribution < -0.4 is 0 Å². The number of nitrogens with zero attached hydrogens (tertiary/aromatic N) is 1. The van der Waals surface area contributed by atoms with Crippen molar-refractivity contribution in [3.63, 3.8) is 0 Å². The Morgan fingerprint density at radius 3 is 2.33 bits per heavy atom. The number of hydrogen-bond acceptors (Lipinski definition) is 1. The maximum atomic E-state index is 11.4. The van der Waals surface area contributed by atoms with E-state index in [0.717, 1.165) is 6.42 Å². The van der Waals surface area contributed by atoms with Gasteiger partial charge in [-0.1, -0.05) is 13.0 Å². The summed E-state index contributed by atoms with van der Waals surface area (Å²) < 4.78 is 0. The number of amides is 1. The van der Waals surface area contributed by atoms with Crippen molar-refractivity contribution in [3.05, 3.63) is 12.2 Å². The van der Waals surface area contributed by atoms with Gasteiger partial charge in [-0.05, 0) is 33.3 Å². The molecule has 70 valence electrons. The Morgan fingerprint density at radius 1 is 1.50 bits per heavy atom. The number of rotatable bonds is 3. The lowest BCUT2D eigenvalue weighted by atomic mass is 10.00. The highest BCUT2D eigenvalue weighted by Crippen LogP contribution is 2.16. The second kappa shape index (κ2) is 4.29. The van der Waals surface area contributed by atoms with E-state index in [0.29, 0.717) is 0 Å². The van der Waals surface area contributed by atoms with Crippen LogP contribution in [-0.4, -0.2) is 23.4 Å². The van der Waals surface area contributed by atoms with Crippen molar-refractivity contribution >= 4 is 5.91 Å². The summed E-state index contributed by atoms with van der Waals surface area (Å²) in [6, 6.07) is 0. The van der Waals surface area contributed by atoms with Crippen molar-refractivity contribution in [2.24, 2.45) is 0 Å². The van der Waals surface area contributed by atoms with Crippen LogP contribution in [0.5, 0.6) is 0 Å². The number of hydrogen-bond donors (Lipinski definition) is 0. The monoisotopic (exact) mass is 169 g/mol. The van der Waals surface area contributed by atoms with Gasteiger partial charge in [0.15, 0.2) is 0 Å². The summed E-state index contributed by atoms with van der Waals surface area (Å²) in [6.07, 6.45) is 4.33. The fourth-order valence-corrected chi connectivity index (χ4v) is 0.790. The van der Waals surface area contributed by atoms with Gasteiger partial charge in [0.2, 0.25) is 5.91 Å². The zero-order valence-corrected chi connectivity index (χ0v) is 8.72. The van der Waals surface area contributed by atoms with Crippen molar-refractivity contribution in [1.29, 1.82) is 0 Å². The van der Waals surface area contributed by atoms with E-state index in [1.54, 1.807) is 17.1 Å². The lowest BCUT2D eigenvalue weighted by Crippen LogP contribution is -2.43. The summed E-state index contributed by atoms with van der Waals surface area (Å²) in [7, 11) is 1.84. The van der Waals surface area contributed by atoms with Gasteiger partial charge in [-0.25, -0.2) is 0 Å². The van der Waals surface area contributed by atoms with E-state index in [1.165, 1.54) is 0 Å². The lowest BCUT2D eigenvalue weighted by Gasteiger charge is -2.34. The van der Waals surface area contributed by atoms with E-state index in [4.69, 9.17) is 0 Å². The van der Waals surface area contributed by atoms with Crippen molar-refractivity contribution in [3.8, 4) is 0 Å². The van der Waals surface area contributed by atoms with E-state index in [-0.39, 0.29) is 11.4 Å². The second-order valence-corrected chi connectivity index (χ2v) is 3.56. The molecule has 2 heteroatoms. The molecule has 0 bridgehead atoms. The zero-order valence-electron chi connectivity index (χ0n) is 8.72. The Kier molecular flexibility index (Phi) is 4.01. The predicted octanol–water partition coefficient (Wildman–Crippen LogP) is 2.21. The molecular weight excluding hydrogens is 150 g/mol. The smallest absolute Gasteiger partial charge is 0.246 e. The molecule has 0 fully saturated rings. The molecule has 0 radical (unpaired) electrons. The second-order valence-electron chi connectivity index (χ2n) is 3.56. The van der Waals surface area contributed by atoms with Crippen molar-refractivity contribution in [2.45, 2.75) is 39.7 Å². The van der Waals surface area contributed by atoms with Gasteiger partial charge in [-0.2, -0.15) is 0 Å². The standard InChI is InChI=1S/C10H19NO/c1-6-8-9(12)11(5)10(3,4)7-2/h6,8H,7H2,1-5H3/b8-6-. The van der Waals surface area contributed by atoms with E-state index in [1.807, 2.05) is 14.0 Å². The Morgan fingerprint density at radius 2 is 2.00 bits per heavy atom. The summed E-state index contributed by atoms with van der Waals surface area (Å²) in [5, 5.41) is 0. The van der Waals surface area contributed by atoms with Crippen LogP contribution in [0, 0.1) is 0 Å². The van der Waals surface area contributed by atoms with Gasteiger partial charge in [0.05, 0.1) is 0 Å². The first-order chi connectivity index (χ1) is 5.45. The molecule has 2 nitrogen and oxygen atoms in total. The molecule has 0 heterocycles. The number of carbonyl (C=O) groups excluding carboxylic acids is 1.